The van der Waals surface area contributed by atoms with E-state index in [-0.39, 0.29) is 11.7 Å². The van der Waals surface area contributed by atoms with Gasteiger partial charge in [-0.1, -0.05) is 12.1 Å². The number of nitrogens with one attached hydrogen (secondary N) is 1. The Morgan fingerprint density at radius 1 is 1.50 bits per heavy atom. The zero-order chi connectivity index (χ0) is 10.6. The fraction of sp³-hybridized carbons (Fsp3) is 0.182. The Labute approximate surface area is 82.4 Å². The predicted molar refractivity (Wildman–Crippen MR) is 54.6 cm³/mol. The van der Waals surface area contributed by atoms with Gasteiger partial charge in [-0.25, -0.2) is 4.39 Å². The number of hydrogen-bond donors (Lipinski definition) is 1. The number of carbonyl (C=O) groups is 1. The van der Waals surface area contributed by atoms with Crippen LogP contribution in [0.5, 0.6) is 0 Å². The summed E-state index contributed by atoms with van der Waals surface area (Å²) >= 11 is 0. The Hall–Kier alpha value is -1.64. The Balaban J connectivity index is 2.78. The van der Waals surface area contributed by atoms with E-state index in [0.717, 1.165) is 0 Å². The minimum absolute atomic E-state index is 0.254. The van der Waals surface area contributed by atoms with Gasteiger partial charge in [-0.2, -0.15) is 0 Å². The van der Waals surface area contributed by atoms with E-state index < -0.39 is 0 Å². The van der Waals surface area contributed by atoms with Crippen LogP contribution in [0.15, 0.2) is 30.4 Å². The van der Waals surface area contributed by atoms with Crippen molar-refractivity contribution in [3.05, 3.63) is 41.7 Å². The molecule has 0 saturated carbocycles. The molecule has 2 nitrogen and oxygen atoms in total. The summed E-state index contributed by atoms with van der Waals surface area (Å²) < 4.78 is 13.0. The number of amides is 1. The molecule has 1 rings (SSSR count). The summed E-state index contributed by atoms with van der Waals surface area (Å²) in [4.78, 5) is 11.1. The van der Waals surface area contributed by atoms with Gasteiger partial charge in [0.1, 0.15) is 5.82 Å². The van der Waals surface area contributed by atoms with Crippen LogP contribution in [0, 0.1) is 12.7 Å². The number of hydrogen-bond acceptors (Lipinski definition) is 1. The van der Waals surface area contributed by atoms with E-state index in [0.29, 0.717) is 11.3 Å². The van der Waals surface area contributed by atoms with Crippen LogP contribution >= 0.6 is 0 Å². The highest BCUT2D eigenvalue weighted by Gasteiger charge is 2.00. The zero-order valence-corrected chi connectivity index (χ0v) is 8.17. The minimum atomic E-state index is -0.316. The maximum atomic E-state index is 13.0. The van der Waals surface area contributed by atoms with Crippen LogP contribution in [0.1, 0.15) is 12.5 Å². The van der Waals surface area contributed by atoms with Gasteiger partial charge < -0.3 is 5.32 Å². The SMILES string of the molecule is CC=CC(=O)Nc1ccc(C)c(F)c1. The van der Waals surface area contributed by atoms with Gasteiger partial charge in [-0.15, -0.1) is 0 Å². The molecule has 0 aromatic heterocycles. The molecule has 1 N–H and O–H groups in total. The first-order chi connectivity index (χ1) is 6.63. The van der Waals surface area contributed by atoms with Crippen LogP contribution < -0.4 is 5.32 Å². The smallest absolute Gasteiger partial charge is 0.248 e. The first kappa shape index (κ1) is 10.4. The molecule has 0 aliphatic carbocycles. The van der Waals surface area contributed by atoms with Gasteiger partial charge in [0.15, 0.2) is 0 Å². The van der Waals surface area contributed by atoms with Crippen molar-refractivity contribution in [1.82, 2.24) is 0 Å². The Morgan fingerprint density at radius 2 is 2.21 bits per heavy atom. The maximum absolute atomic E-state index is 13.0. The largest absolute Gasteiger partial charge is 0.322 e. The summed E-state index contributed by atoms with van der Waals surface area (Å²) in [5.74, 6) is -0.570. The lowest BCUT2D eigenvalue weighted by atomic mass is 10.2. The molecule has 0 spiro atoms. The Kier molecular flexibility index (Phi) is 3.40. The molecule has 0 bridgehead atoms. The number of aryl methyl sites for hydroxylation is 1. The van der Waals surface area contributed by atoms with E-state index in [4.69, 9.17) is 0 Å². The van der Waals surface area contributed by atoms with E-state index >= 15 is 0 Å². The van der Waals surface area contributed by atoms with Crippen LogP contribution in [0.4, 0.5) is 10.1 Å². The molecule has 1 aromatic carbocycles. The van der Waals surface area contributed by atoms with Gasteiger partial charge >= 0.3 is 0 Å². The van der Waals surface area contributed by atoms with Crippen molar-refractivity contribution in [2.45, 2.75) is 13.8 Å². The summed E-state index contributed by atoms with van der Waals surface area (Å²) in [6.45, 7) is 3.42. The molecule has 0 aliphatic rings. The highest BCUT2D eigenvalue weighted by atomic mass is 19.1. The first-order valence-corrected chi connectivity index (χ1v) is 4.33. The molecule has 0 heterocycles. The van der Waals surface area contributed by atoms with E-state index in [1.54, 1.807) is 32.1 Å². The second-order valence-electron chi connectivity index (χ2n) is 2.95. The summed E-state index contributed by atoms with van der Waals surface area (Å²) in [6.07, 6.45) is 3.01. The standard InChI is InChI=1S/C11H12FNO/c1-3-4-11(14)13-9-6-5-8(2)10(12)7-9/h3-7H,1-2H3,(H,13,14). The van der Waals surface area contributed by atoms with Crippen LogP contribution in [0.25, 0.3) is 0 Å². The second-order valence-corrected chi connectivity index (χ2v) is 2.95. The molecule has 0 atom stereocenters. The number of rotatable bonds is 2. The fourth-order valence-corrected chi connectivity index (χ4v) is 1.01. The molecular weight excluding hydrogens is 181 g/mol. The summed E-state index contributed by atoms with van der Waals surface area (Å²) in [5, 5.41) is 2.55. The predicted octanol–water partition coefficient (Wildman–Crippen LogP) is 2.65. The van der Waals surface area contributed by atoms with Crippen LogP contribution in [0.3, 0.4) is 0 Å². The summed E-state index contributed by atoms with van der Waals surface area (Å²) in [6, 6.07) is 4.59. The molecule has 0 saturated heterocycles. The van der Waals surface area contributed by atoms with Gasteiger partial charge in [0.25, 0.3) is 0 Å². The molecule has 0 aliphatic heterocycles. The molecule has 1 aromatic rings. The van der Waals surface area contributed by atoms with Crippen LogP contribution in [0.2, 0.25) is 0 Å². The van der Waals surface area contributed by atoms with Crippen molar-refractivity contribution >= 4 is 11.6 Å². The average Bonchev–Trinajstić information content (AvgIpc) is 2.12. The van der Waals surface area contributed by atoms with Crippen molar-refractivity contribution < 1.29 is 9.18 Å². The van der Waals surface area contributed by atoms with E-state index in [1.807, 2.05) is 0 Å². The van der Waals surface area contributed by atoms with Crippen LogP contribution in [-0.2, 0) is 4.79 Å². The average molecular weight is 193 g/mol. The molecule has 1 amide bonds. The van der Waals surface area contributed by atoms with Gasteiger partial charge in [0.2, 0.25) is 5.91 Å². The topological polar surface area (TPSA) is 29.1 Å². The van der Waals surface area contributed by atoms with Gasteiger partial charge in [-0.3, -0.25) is 4.79 Å². The Morgan fingerprint density at radius 3 is 2.79 bits per heavy atom. The highest BCUT2D eigenvalue weighted by molar-refractivity contribution is 5.99. The lowest BCUT2D eigenvalue weighted by Crippen LogP contribution is -2.07. The quantitative estimate of drug-likeness (QED) is 0.719. The van der Waals surface area contributed by atoms with Gasteiger partial charge in [-0.05, 0) is 37.6 Å². The van der Waals surface area contributed by atoms with Gasteiger partial charge in [0.05, 0.1) is 0 Å². The molecule has 3 heteroatoms. The second kappa shape index (κ2) is 4.56. The molecular formula is C11H12FNO. The lowest BCUT2D eigenvalue weighted by molar-refractivity contribution is -0.111. The van der Waals surface area contributed by atoms with Gasteiger partial charge in [0, 0.05) is 5.69 Å². The molecule has 0 unspecified atom stereocenters. The monoisotopic (exact) mass is 193 g/mol. The summed E-state index contributed by atoms with van der Waals surface area (Å²) in [7, 11) is 0. The number of allylic oxidation sites excluding steroid dienone is 1. The normalized spacial score (nSPS) is 10.5. The third-order valence-corrected chi connectivity index (χ3v) is 1.76. The number of benzene rings is 1. The van der Waals surface area contributed by atoms with E-state index in [9.17, 15) is 9.18 Å². The number of halogens is 1. The third-order valence-electron chi connectivity index (χ3n) is 1.76. The molecule has 14 heavy (non-hydrogen) atoms. The van der Waals surface area contributed by atoms with Crippen molar-refractivity contribution in [2.24, 2.45) is 0 Å². The zero-order valence-electron chi connectivity index (χ0n) is 8.17. The third kappa shape index (κ3) is 2.69. The lowest BCUT2D eigenvalue weighted by Gasteiger charge is -2.03. The maximum Gasteiger partial charge on any atom is 0.248 e. The summed E-state index contributed by atoms with van der Waals surface area (Å²) in [5.41, 5.74) is 1.03. The first-order valence-electron chi connectivity index (χ1n) is 4.33. The van der Waals surface area contributed by atoms with E-state index in [1.165, 1.54) is 12.1 Å². The number of carbonyl (C=O) groups excluding carboxylic acids is 1. The van der Waals surface area contributed by atoms with Crippen molar-refractivity contribution in [3.63, 3.8) is 0 Å². The highest BCUT2D eigenvalue weighted by Crippen LogP contribution is 2.13. The minimum Gasteiger partial charge on any atom is -0.322 e. The van der Waals surface area contributed by atoms with Crippen LogP contribution in [-0.4, -0.2) is 5.91 Å². The molecule has 74 valence electrons. The van der Waals surface area contributed by atoms with Crippen molar-refractivity contribution in [2.75, 3.05) is 5.32 Å². The van der Waals surface area contributed by atoms with Crippen molar-refractivity contribution in [1.29, 1.82) is 0 Å². The van der Waals surface area contributed by atoms with E-state index in [2.05, 4.69) is 5.32 Å². The molecule has 0 fully saturated rings. The Bertz CT molecular complexity index is 372. The van der Waals surface area contributed by atoms with Crippen molar-refractivity contribution in [3.8, 4) is 0 Å². The number of anilines is 1. The molecule has 0 radical (unpaired) electrons. The fourth-order valence-electron chi connectivity index (χ4n) is 1.01.